The number of aromatic nitrogens is 1. The fourth-order valence-corrected chi connectivity index (χ4v) is 2.41. The minimum atomic E-state index is 0.354. The molecule has 2 nitrogen and oxygen atoms in total. The summed E-state index contributed by atoms with van der Waals surface area (Å²) in [5.41, 5.74) is 4.18. The molecule has 1 saturated carbocycles. The molecule has 0 aliphatic heterocycles. The van der Waals surface area contributed by atoms with Gasteiger partial charge in [0, 0.05) is 25.0 Å². The molecule has 1 N–H and O–H groups in total. The second kappa shape index (κ2) is 5.54. The van der Waals surface area contributed by atoms with Crippen LogP contribution >= 0.6 is 0 Å². The van der Waals surface area contributed by atoms with Gasteiger partial charge in [0.15, 0.2) is 0 Å². The van der Waals surface area contributed by atoms with E-state index in [0.717, 1.165) is 12.5 Å². The maximum atomic E-state index is 4.06. The first kappa shape index (κ1) is 12.4. The smallest absolute Gasteiger partial charge is 0.0296 e. The van der Waals surface area contributed by atoms with Crippen LogP contribution in [0.3, 0.4) is 0 Å². The molecule has 0 bridgehead atoms. The molecule has 0 amide bonds. The fourth-order valence-electron chi connectivity index (χ4n) is 2.41. The second-order valence-corrected chi connectivity index (χ2v) is 5.40. The summed E-state index contributed by atoms with van der Waals surface area (Å²) in [4.78, 5) is 4.06. The Balaban J connectivity index is 1.61. The van der Waals surface area contributed by atoms with Crippen LogP contribution < -0.4 is 5.32 Å². The van der Waals surface area contributed by atoms with Crippen molar-refractivity contribution in [1.82, 2.24) is 10.3 Å². The number of benzene rings is 1. The van der Waals surface area contributed by atoms with Crippen LogP contribution in [0.1, 0.15) is 48.4 Å². The van der Waals surface area contributed by atoms with Crippen LogP contribution in [0.2, 0.25) is 0 Å². The van der Waals surface area contributed by atoms with Crippen LogP contribution in [-0.2, 0) is 6.54 Å². The first-order valence-corrected chi connectivity index (χ1v) is 7.05. The van der Waals surface area contributed by atoms with Crippen molar-refractivity contribution in [2.24, 2.45) is 0 Å². The van der Waals surface area contributed by atoms with Crippen LogP contribution in [0.15, 0.2) is 48.8 Å². The first-order valence-electron chi connectivity index (χ1n) is 7.05. The van der Waals surface area contributed by atoms with Gasteiger partial charge >= 0.3 is 0 Å². The Hall–Kier alpha value is -1.67. The quantitative estimate of drug-likeness (QED) is 0.875. The molecule has 19 heavy (non-hydrogen) atoms. The SMILES string of the molecule is CC(NCc1cccc(C2CC2)c1)c1ccncc1. The second-order valence-electron chi connectivity index (χ2n) is 5.40. The Labute approximate surface area is 114 Å². The zero-order valence-corrected chi connectivity index (χ0v) is 11.3. The average molecular weight is 252 g/mol. The summed E-state index contributed by atoms with van der Waals surface area (Å²) < 4.78 is 0. The Morgan fingerprint density at radius 2 is 2.00 bits per heavy atom. The molecule has 1 aliphatic carbocycles. The Morgan fingerprint density at radius 3 is 2.74 bits per heavy atom. The molecule has 1 aromatic heterocycles. The van der Waals surface area contributed by atoms with Crippen molar-refractivity contribution in [3.63, 3.8) is 0 Å². The van der Waals surface area contributed by atoms with Crippen molar-refractivity contribution in [2.45, 2.75) is 38.3 Å². The van der Waals surface area contributed by atoms with Gasteiger partial charge in [-0.2, -0.15) is 0 Å². The number of hydrogen-bond acceptors (Lipinski definition) is 2. The highest BCUT2D eigenvalue weighted by Crippen LogP contribution is 2.40. The summed E-state index contributed by atoms with van der Waals surface area (Å²) in [6.45, 7) is 3.12. The zero-order valence-electron chi connectivity index (χ0n) is 11.3. The van der Waals surface area contributed by atoms with Crippen LogP contribution in [0, 0.1) is 0 Å². The topological polar surface area (TPSA) is 24.9 Å². The van der Waals surface area contributed by atoms with Crippen LogP contribution in [0.4, 0.5) is 0 Å². The van der Waals surface area contributed by atoms with Gasteiger partial charge in [0.05, 0.1) is 0 Å². The van der Waals surface area contributed by atoms with E-state index < -0.39 is 0 Å². The van der Waals surface area contributed by atoms with Gasteiger partial charge in [0.2, 0.25) is 0 Å². The largest absolute Gasteiger partial charge is 0.306 e. The zero-order chi connectivity index (χ0) is 13.1. The van der Waals surface area contributed by atoms with Gasteiger partial charge in [-0.05, 0) is 54.5 Å². The maximum Gasteiger partial charge on any atom is 0.0296 e. The highest BCUT2D eigenvalue weighted by Gasteiger charge is 2.23. The lowest BCUT2D eigenvalue weighted by Gasteiger charge is -2.14. The van der Waals surface area contributed by atoms with Crippen molar-refractivity contribution in [2.75, 3.05) is 0 Å². The van der Waals surface area contributed by atoms with E-state index in [1.807, 2.05) is 12.4 Å². The monoisotopic (exact) mass is 252 g/mol. The van der Waals surface area contributed by atoms with Crippen molar-refractivity contribution in [3.8, 4) is 0 Å². The van der Waals surface area contributed by atoms with Gasteiger partial charge in [0.25, 0.3) is 0 Å². The van der Waals surface area contributed by atoms with Crippen molar-refractivity contribution >= 4 is 0 Å². The van der Waals surface area contributed by atoms with E-state index in [9.17, 15) is 0 Å². The summed E-state index contributed by atoms with van der Waals surface area (Å²) in [5.74, 6) is 0.831. The lowest BCUT2D eigenvalue weighted by Crippen LogP contribution is -2.18. The highest BCUT2D eigenvalue weighted by molar-refractivity contribution is 5.29. The molecule has 0 saturated heterocycles. The molecule has 1 aliphatic rings. The minimum absolute atomic E-state index is 0.354. The van der Waals surface area contributed by atoms with Crippen LogP contribution in [0.5, 0.6) is 0 Å². The van der Waals surface area contributed by atoms with E-state index in [1.54, 1.807) is 0 Å². The summed E-state index contributed by atoms with van der Waals surface area (Å²) in [7, 11) is 0. The molecule has 2 aromatic rings. The van der Waals surface area contributed by atoms with E-state index >= 15 is 0 Å². The average Bonchev–Trinajstić information content (AvgIpc) is 3.31. The normalized spacial score (nSPS) is 16.3. The molecule has 3 rings (SSSR count). The fraction of sp³-hybridized carbons (Fsp3) is 0.353. The van der Waals surface area contributed by atoms with Crippen molar-refractivity contribution in [1.29, 1.82) is 0 Å². The number of hydrogen-bond donors (Lipinski definition) is 1. The number of nitrogens with one attached hydrogen (secondary N) is 1. The molecule has 1 aromatic carbocycles. The van der Waals surface area contributed by atoms with E-state index in [-0.39, 0.29) is 0 Å². The molecule has 2 heteroatoms. The number of nitrogens with zero attached hydrogens (tertiary/aromatic N) is 1. The summed E-state index contributed by atoms with van der Waals surface area (Å²) in [6, 6.07) is 13.5. The van der Waals surface area contributed by atoms with Crippen molar-refractivity contribution in [3.05, 3.63) is 65.5 Å². The summed E-state index contributed by atoms with van der Waals surface area (Å²) >= 11 is 0. The van der Waals surface area contributed by atoms with Gasteiger partial charge in [-0.15, -0.1) is 0 Å². The number of pyridine rings is 1. The van der Waals surface area contributed by atoms with Crippen molar-refractivity contribution < 1.29 is 0 Å². The van der Waals surface area contributed by atoms with Gasteiger partial charge in [0.1, 0.15) is 0 Å². The van der Waals surface area contributed by atoms with Gasteiger partial charge < -0.3 is 5.32 Å². The molecule has 98 valence electrons. The Kier molecular flexibility index (Phi) is 3.60. The maximum absolute atomic E-state index is 4.06. The molecular formula is C17H20N2. The lowest BCUT2D eigenvalue weighted by molar-refractivity contribution is 0.574. The van der Waals surface area contributed by atoms with E-state index in [1.165, 1.54) is 29.5 Å². The predicted molar refractivity (Wildman–Crippen MR) is 77.9 cm³/mol. The molecule has 0 radical (unpaired) electrons. The third-order valence-electron chi connectivity index (χ3n) is 3.82. The van der Waals surface area contributed by atoms with Gasteiger partial charge in [-0.1, -0.05) is 24.3 Å². The molecular weight excluding hydrogens is 232 g/mol. The number of rotatable bonds is 5. The molecule has 1 fully saturated rings. The third-order valence-corrected chi connectivity index (χ3v) is 3.82. The van der Waals surface area contributed by atoms with Crippen LogP contribution in [-0.4, -0.2) is 4.98 Å². The molecule has 0 spiro atoms. The lowest BCUT2D eigenvalue weighted by atomic mass is 10.1. The molecule has 1 atom stereocenters. The predicted octanol–water partition coefficient (Wildman–Crippen LogP) is 3.81. The Bertz CT molecular complexity index is 532. The van der Waals surface area contributed by atoms with E-state index in [4.69, 9.17) is 0 Å². The van der Waals surface area contributed by atoms with Gasteiger partial charge in [-0.3, -0.25) is 4.98 Å². The van der Waals surface area contributed by atoms with Crippen LogP contribution in [0.25, 0.3) is 0 Å². The molecule has 1 heterocycles. The van der Waals surface area contributed by atoms with E-state index in [2.05, 4.69) is 53.6 Å². The third kappa shape index (κ3) is 3.21. The summed E-state index contributed by atoms with van der Waals surface area (Å²) in [5, 5.41) is 3.57. The van der Waals surface area contributed by atoms with Gasteiger partial charge in [-0.25, -0.2) is 0 Å². The minimum Gasteiger partial charge on any atom is -0.306 e. The highest BCUT2D eigenvalue weighted by atomic mass is 14.9. The first-order chi connectivity index (χ1) is 9.33. The molecule has 1 unspecified atom stereocenters. The Morgan fingerprint density at radius 1 is 1.21 bits per heavy atom. The van der Waals surface area contributed by atoms with E-state index in [0.29, 0.717) is 6.04 Å². The standard InChI is InChI=1S/C17H20N2/c1-13(15-7-9-18-10-8-15)19-12-14-3-2-4-17(11-14)16-5-6-16/h2-4,7-11,13,16,19H,5-6,12H2,1H3. The summed E-state index contributed by atoms with van der Waals surface area (Å²) in [6.07, 6.45) is 6.43.